The fraction of sp³-hybridized carbons (Fsp3) is 0.412. The summed E-state index contributed by atoms with van der Waals surface area (Å²) < 4.78 is 17.7. The Morgan fingerprint density at radius 1 is 1.09 bits per heavy atom. The zero-order chi connectivity index (χ0) is 16.3. The Morgan fingerprint density at radius 2 is 1.73 bits per heavy atom. The average molecular weight is 304 g/mol. The number of aryl methyl sites for hydroxylation is 2. The minimum Gasteiger partial charge on any atom is -0.493 e. The van der Waals surface area contributed by atoms with E-state index in [2.05, 4.69) is 0 Å². The summed E-state index contributed by atoms with van der Waals surface area (Å²) in [5.41, 5.74) is 1.98. The first-order chi connectivity index (χ1) is 10.5. The molecule has 5 heteroatoms. The van der Waals surface area contributed by atoms with Crippen molar-refractivity contribution in [2.75, 3.05) is 20.8 Å². The molecule has 0 saturated heterocycles. The summed E-state index contributed by atoms with van der Waals surface area (Å²) in [6.07, 6.45) is 0. The summed E-state index contributed by atoms with van der Waals surface area (Å²) in [6.45, 7) is 6.36. The fourth-order valence-corrected chi connectivity index (χ4v) is 2.62. The highest BCUT2D eigenvalue weighted by Gasteiger charge is 2.21. The molecule has 0 unspecified atom stereocenters. The maximum absolute atomic E-state index is 11.8. The molecule has 0 saturated carbocycles. The Balaban J connectivity index is 2.58. The van der Waals surface area contributed by atoms with E-state index in [0.29, 0.717) is 18.1 Å². The van der Waals surface area contributed by atoms with Gasteiger partial charge in [-0.05, 0) is 24.4 Å². The van der Waals surface area contributed by atoms with E-state index >= 15 is 0 Å². The summed E-state index contributed by atoms with van der Waals surface area (Å²) in [4.78, 5) is 11.8. The lowest BCUT2D eigenvalue weighted by Crippen LogP contribution is -2.44. The van der Waals surface area contributed by atoms with Gasteiger partial charge in [0.05, 0.1) is 26.2 Å². The van der Waals surface area contributed by atoms with Gasteiger partial charge in [0.2, 0.25) is 6.54 Å². The minimum atomic E-state index is -0.237. The zero-order valence-electron chi connectivity index (χ0n) is 13.7. The van der Waals surface area contributed by atoms with Crippen molar-refractivity contribution in [2.45, 2.75) is 27.3 Å². The summed E-state index contributed by atoms with van der Waals surface area (Å²) in [7, 11) is 3.23. The first kappa shape index (κ1) is 16.1. The molecule has 22 heavy (non-hydrogen) atoms. The number of hydrogen-bond acceptors (Lipinski definition) is 4. The average Bonchev–Trinajstić information content (AvgIpc) is 2.50. The monoisotopic (exact) mass is 304 g/mol. The van der Waals surface area contributed by atoms with Gasteiger partial charge >= 0.3 is 5.97 Å². The number of benzene rings is 1. The maximum atomic E-state index is 11.8. The van der Waals surface area contributed by atoms with Gasteiger partial charge in [-0.1, -0.05) is 0 Å². The Bertz CT molecular complexity index is 710. The molecule has 2 aromatic rings. The topological polar surface area (TPSA) is 48.6 Å². The number of carbonyl (C=O) groups is 1. The van der Waals surface area contributed by atoms with Crippen molar-refractivity contribution < 1.29 is 23.6 Å². The van der Waals surface area contributed by atoms with E-state index < -0.39 is 0 Å². The number of ether oxygens (including phenoxy) is 3. The van der Waals surface area contributed by atoms with Crippen LogP contribution < -0.4 is 14.0 Å². The van der Waals surface area contributed by atoms with Crippen LogP contribution in [0.15, 0.2) is 18.2 Å². The number of methoxy groups -OCH3 is 2. The number of rotatable bonds is 5. The normalized spacial score (nSPS) is 10.6. The molecule has 1 aromatic carbocycles. The van der Waals surface area contributed by atoms with Gasteiger partial charge in [-0.2, -0.15) is 4.57 Å². The second-order valence-corrected chi connectivity index (χ2v) is 5.06. The van der Waals surface area contributed by atoms with Crippen LogP contribution in [0.2, 0.25) is 0 Å². The van der Waals surface area contributed by atoms with Gasteiger partial charge in [-0.25, -0.2) is 4.79 Å². The van der Waals surface area contributed by atoms with Crippen molar-refractivity contribution in [3.05, 3.63) is 29.6 Å². The van der Waals surface area contributed by atoms with E-state index in [1.165, 1.54) is 0 Å². The fourth-order valence-electron chi connectivity index (χ4n) is 2.62. The van der Waals surface area contributed by atoms with E-state index in [0.717, 1.165) is 22.2 Å². The predicted molar refractivity (Wildman–Crippen MR) is 83.4 cm³/mol. The number of carbonyl (C=O) groups excluding carboxylic acids is 1. The lowest BCUT2D eigenvalue weighted by atomic mass is 10.1. The standard InChI is InChI=1S/C17H22NO4/c1-6-22-17(19)10-18-11(2)7-13-8-15(20-4)16(21-5)9-14(13)12(18)3/h7-9H,6,10H2,1-5H3/q+1. The second-order valence-electron chi connectivity index (χ2n) is 5.06. The minimum absolute atomic E-state index is 0.204. The quantitative estimate of drug-likeness (QED) is 0.628. The molecule has 0 atom stereocenters. The molecule has 0 amide bonds. The Kier molecular flexibility index (Phi) is 4.85. The lowest BCUT2D eigenvalue weighted by molar-refractivity contribution is -0.696. The number of hydrogen-bond donors (Lipinski definition) is 0. The summed E-state index contributed by atoms with van der Waals surface area (Å²) in [6, 6.07) is 5.91. The van der Waals surface area contributed by atoms with Crippen molar-refractivity contribution in [3.8, 4) is 11.5 Å². The third kappa shape index (κ3) is 2.98. The number of nitrogens with zero attached hydrogens (tertiary/aromatic N) is 1. The third-order valence-electron chi connectivity index (χ3n) is 3.73. The lowest BCUT2D eigenvalue weighted by Gasteiger charge is -2.11. The van der Waals surface area contributed by atoms with Gasteiger partial charge in [-0.15, -0.1) is 0 Å². The first-order valence-corrected chi connectivity index (χ1v) is 7.23. The number of pyridine rings is 1. The van der Waals surface area contributed by atoms with E-state index in [1.54, 1.807) is 21.1 Å². The summed E-state index contributed by atoms with van der Waals surface area (Å²) >= 11 is 0. The van der Waals surface area contributed by atoms with Crippen LogP contribution in [0.25, 0.3) is 10.8 Å². The van der Waals surface area contributed by atoms with Gasteiger partial charge in [0.1, 0.15) is 0 Å². The largest absolute Gasteiger partial charge is 0.493 e. The predicted octanol–water partition coefficient (Wildman–Crippen LogP) is 2.32. The Morgan fingerprint density at radius 3 is 2.32 bits per heavy atom. The highest BCUT2D eigenvalue weighted by molar-refractivity contribution is 5.87. The van der Waals surface area contributed by atoms with E-state index in [-0.39, 0.29) is 12.5 Å². The number of esters is 1. The zero-order valence-corrected chi connectivity index (χ0v) is 13.7. The highest BCUT2D eigenvalue weighted by atomic mass is 16.5. The van der Waals surface area contributed by atoms with Crippen LogP contribution in [0.5, 0.6) is 11.5 Å². The van der Waals surface area contributed by atoms with Crippen molar-refractivity contribution >= 4 is 16.7 Å². The van der Waals surface area contributed by atoms with Crippen molar-refractivity contribution in [2.24, 2.45) is 0 Å². The van der Waals surface area contributed by atoms with Crippen molar-refractivity contribution in [1.29, 1.82) is 0 Å². The van der Waals surface area contributed by atoms with E-state index in [1.807, 2.05) is 36.6 Å². The van der Waals surface area contributed by atoms with Gasteiger partial charge < -0.3 is 14.2 Å². The third-order valence-corrected chi connectivity index (χ3v) is 3.73. The molecular weight excluding hydrogens is 282 g/mol. The molecule has 1 heterocycles. The number of fused-ring (bicyclic) bond motifs is 1. The Labute approximate surface area is 130 Å². The van der Waals surface area contributed by atoms with Crippen LogP contribution in [0, 0.1) is 13.8 Å². The van der Waals surface area contributed by atoms with Crippen LogP contribution in [-0.2, 0) is 16.1 Å². The van der Waals surface area contributed by atoms with Gasteiger partial charge in [0, 0.05) is 19.9 Å². The van der Waals surface area contributed by atoms with Crippen LogP contribution in [0.4, 0.5) is 0 Å². The van der Waals surface area contributed by atoms with Crippen LogP contribution >= 0.6 is 0 Å². The second kappa shape index (κ2) is 6.64. The molecule has 118 valence electrons. The van der Waals surface area contributed by atoms with Gasteiger partial charge in [0.25, 0.3) is 0 Å². The molecule has 5 nitrogen and oxygen atoms in total. The molecule has 0 aliphatic rings. The maximum Gasteiger partial charge on any atom is 0.372 e. The molecule has 0 aliphatic heterocycles. The Hall–Kier alpha value is -2.30. The molecule has 0 N–H and O–H groups in total. The molecule has 0 aliphatic carbocycles. The first-order valence-electron chi connectivity index (χ1n) is 7.23. The summed E-state index contributed by atoms with van der Waals surface area (Å²) in [5.74, 6) is 1.13. The molecule has 0 bridgehead atoms. The molecule has 0 radical (unpaired) electrons. The van der Waals surface area contributed by atoms with Crippen molar-refractivity contribution in [1.82, 2.24) is 0 Å². The SMILES string of the molecule is CCOC(=O)C[n+]1c(C)cc2cc(OC)c(OC)cc2c1C. The smallest absolute Gasteiger partial charge is 0.372 e. The molecule has 0 fully saturated rings. The van der Waals surface area contributed by atoms with Gasteiger partial charge in [0.15, 0.2) is 22.9 Å². The van der Waals surface area contributed by atoms with Gasteiger partial charge in [-0.3, -0.25) is 0 Å². The summed E-state index contributed by atoms with van der Waals surface area (Å²) in [5, 5.41) is 2.07. The molecule has 0 spiro atoms. The van der Waals surface area contributed by atoms with E-state index in [9.17, 15) is 4.79 Å². The van der Waals surface area contributed by atoms with E-state index in [4.69, 9.17) is 14.2 Å². The van der Waals surface area contributed by atoms with Crippen LogP contribution in [0.1, 0.15) is 18.3 Å². The van der Waals surface area contributed by atoms with Crippen LogP contribution in [-0.4, -0.2) is 26.8 Å². The molecule has 2 rings (SSSR count). The molecule has 1 aromatic heterocycles. The molecular formula is C17H22NO4+. The number of aromatic nitrogens is 1. The van der Waals surface area contributed by atoms with Crippen molar-refractivity contribution in [3.63, 3.8) is 0 Å². The highest BCUT2D eigenvalue weighted by Crippen LogP contribution is 2.33. The van der Waals surface area contributed by atoms with Crippen LogP contribution in [0.3, 0.4) is 0 Å².